The number of hydrogen-bond donors (Lipinski definition) is 1. The zero-order valence-corrected chi connectivity index (χ0v) is 20.6. The van der Waals surface area contributed by atoms with Crippen LogP contribution in [0.4, 0.5) is 0 Å². The van der Waals surface area contributed by atoms with Crippen LogP contribution in [0.15, 0.2) is 78.9 Å². The number of carbonyl (C=O) groups is 1. The number of hydrogen-bond acceptors (Lipinski definition) is 5. The average Bonchev–Trinajstić information content (AvgIpc) is 3.27. The molecule has 186 valence electrons. The quantitative estimate of drug-likeness (QED) is 0.278. The summed E-state index contributed by atoms with van der Waals surface area (Å²) in [6.07, 6.45) is 4.77. The first-order valence-electron chi connectivity index (χ1n) is 12.0. The van der Waals surface area contributed by atoms with Gasteiger partial charge in [0.25, 0.3) is 5.91 Å². The van der Waals surface area contributed by atoms with Crippen LogP contribution >= 0.6 is 0 Å². The number of rotatable bonds is 12. The monoisotopic (exact) mass is 485 g/mol. The molecule has 0 atom stereocenters. The highest BCUT2D eigenvalue weighted by Crippen LogP contribution is 2.29. The molecule has 0 radical (unpaired) electrons. The first kappa shape index (κ1) is 24.9. The topological polar surface area (TPSA) is 74.6 Å². The summed E-state index contributed by atoms with van der Waals surface area (Å²) in [5.74, 6) is 2.67. The standard InChI is InChI=1S/C29H31N3O4/c1-3-10-22-15-16-26(27(19-22)34-2)35-18-9-17-32-25-14-8-7-13-24(25)31-28(32)20-30-29(33)21-36-23-11-5-4-6-12-23/h3-8,10-16,19H,9,17-18,20-21H2,1-2H3,(H,30,33)/b10-3+. The number of nitrogens with zero attached hydrogens (tertiary/aromatic N) is 2. The molecule has 1 amide bonds. The van der Waals surface area contributed by atoms with Gasteiger partial charge in [-0.1, -0.05) is 48.6 Å². The normalized spacial score (nSPS) is 11.1. The van der Waals surface area contributed by atoms with Crippen molar-refractivity contribution in [1.82, 2.24) is 14.9 Å². The Morgan fingerprint density at radius 2 is 1.81 bits per heavy atom. The number of methoxy groups -OCH3 is 1. The number of amides is 1. The lowest BCUT2D eigenvalue weighted by Crippen LogP contribution is -2.29. The Labute approximate surface area is 211 Å². The number of nitrogens with one attached hydrogen (secondary N) is 1. The van der Waals surface area contributed by atoms with Crippen molar-refractivity contribution >= 4 is 23.0 Å². The number of imidazole rings is 1. The van der Waals surface area contributed by atoms with E-state index in [9.17, 15) is 4.79 Å². The molecule has 0 saturated heterocycles. The molecule has 0 unspecified atom stereocenters. The molecule has 0 fully saturated rings. The third-order valence-corrected chi connectivity index (χ3v) is 5.62. The van der Waals surface area contributed by atoms with Crippen LogP contribution in [0.25, 0.3) is 17.1 Å². The fraction of sp³-hybridized carbons (Fsp3) is 0.241. The van der Waals surface area contributed by atoms with Crippen molar-refractivity contribution in [1.29, 1.82) is 0 Å². The first-order chi connectivity index (χ1) is 17.7. The summed E-state index contributed by atoms with van der Waals surface area (Å²) < 4.78 is 19.2. The zero-order valence-electron chi connectivity index (χ0n) is 20.6. The Bertz CT molecular complexity index is 1310. The minimum absolute atomic E-state index is 0.0489. The van der Waals surface area contributed by atoms with Crippen molar-refractivity contribution in [2.45, 2.75) is 26.4 Å². The van der Waals surface area contributed by atoms with E-state index in [2.05, 4.69) is 9.88 Å². The van der Waals surface area contributed by atoms with Crippen LogP contribution < -0.4 is 19.5 Å². The average molecular weight is 486 g/mol. The number of allylic oxidation sites excluding steroid dienone is 1. The van der Waals surface area contributed by atoms with E-state index < -0.39 is 0 Å². The van der Waals surface area contributed by atoms with Gasteiger partial charge in [0.2, 0.25) is 0 Å². The van der Waals surface area contributed by atoms with Gasteiger partial charge in [-0.2, -0.15) is 0 Å². The minimum atomic E-state index is -0.200. The van der Waals surface area contributed by atoms with Gasteiger partial charge in [-0.15, -0.1) is 0 Å². The van der Waals surface area contributed by atoms with Gasteiger partial charge in [0.1, 0.15) is 11.6 Å². The second-order valence-electron chi connectivity index (χ2n) is 8.16. The molecule has 7 heteroatoms. The van der Waals surface area contributed by atoms with Gasteiger partial charge in [0.05, 0.1) is 31.3 Å². The van der Waals surface area contributed by atoms with Crippen molar-refractivity contribution in [3.8, 4) is 17.2 Å². The van der Waals surface area contributed by atoms with E-state index in [1.54, 1.807) is 7.11 Å². The van der Waals surface area contributed by atoms with Crippen LogP contribution in [0.1, 0.15) is 24.7 Å². The number of benzene rings is 3. The molecule has 0 saturated carbocycles. The van der Waals surface area contributed by atoms with Crippen molar-refractivity contribution in [3.05, 3.63) is 90.3 Å². The third kappa shape index (κ3) is 6.44. The van der Waals surface area contributed by atoms with Crippen LogP contribution in [0.5, 0.6) is 17.2 Å². The Balaban J connectivity index is 1.35. The number of para-hydroxylation sites is 3. The summed E-state index contributed by atoms with van der Waals surface area (Å²) in [6.45, 7) is 3.46. The van der Waals surface area contributed by atoms with Gasteiger partial charge in [0.15, 0.2) is 18.1 Å². The lowest BCUT2D eigenvalue weighted by atomic mass is 10.2. The van der Waals surface area contributed by atoms with E-state index in [1.807, 2.05) is 91.9 Å². The van der Waals surface area contributed by atoms with Crippen molar-refractivity contribution in [2.24, 2.45) is 0 Å². The predicted molar refractivity (Wildman–Crippen MR) is 141 cm³/mol. The van der Waals surface area contributed by atoms with Crippen molar-refractivity contribution < 1.29 is 19.0 Å². The molecular formula is C29H31N3O4. The first-order valence-corrected chi connectivity index (χ1v) is 12.0. The van der Waals surface area contributed by atoms with Gasteiger partial charge in [-0.05, 0) is 55.3 Å². The van der Waals surface area contributed by atoms with Crippen LogP contribution in [-0.4, -0.2) is 35.8 Å². The maximum absolute atomic E-state index is 12.3. The molecule has 7 nitrogen and oxygen atoms in total. The smallest absolute Gasteiger partial charge is 0.258 e. The fourth-order valence-electron chi connectivity index (χ4n) is 3.91. The van der Waals surface area contributed by atoms with Gasteiger partial charge in [0, 0.05) is 6.54 Å². The lowest BCUT2D eigenvalue weighted by Gasteiger charge is -2.13. The second-order valence-corrected chi connectivity index (χ2v) is 8.16. The molecule has 36 heavy (non-hydrogen) atoms. The predicted octanol–water partition coefficient (Wildman–Crippen LogP) is 5.24. The van der Waals surface area contributed by atoms with E-state index in [1.165, 1.54) is 0 Å². The Hall–Kier alpha value is -4.26. The van der Waals surface area contributed by atoms with Crippen molar-refractivity contribution in [3.63, 3.8) is 0 Å². The number of aromatic nitrogens is 2. The molecule has 0 aliphatic carbocycles. The summed E-state index contributed by atoms with van der Waals surface area (Å²) in [4.78, 5) is 17.1. The van der Waals surface area contributed by atoms with Crippen molar-refractivity contribution in [2.75, 3.05) is 20.3 Å². The Morgan fingerprint density at radius 1 is 1.00 bits per heavy atom. The molecule has 0 spiro atoms. The molecule has 1 heterocycles. The summed E-state index contributed by atoms with van der Waals surface area (Å²) in [7, 11) is 1.64. The van der Waals surface area contributed by atoms with E-state index >= 15 is 0 Å². The highest BCUT2D eigenvalue weighted by Gasteiger charge is 2.12. The second kappa shape index (κ2) is 12.4. The van der Waals surface area contributed by atoms with E-state index in [0.29, 0.717) is 36.9 Å². The molecule has 1 aromatic heterocycles. The molecule has 4 rings (SSSR count). The molecule has 1 N–H and O–H groups in total. The number of fused-ring (bicyclic) bond motifs is 1. The molecule has 0 bridgehead atoms. The van der Waals surface area contributed by atoms with E-state index in [4.69, 9.17) is 19.2 Å². The summed E-state index contributed by atoms with van der Waals surface area (Å²) in [5, 5.41) is 2.92. The largest absolute Gasteiger partial charge is 0.493 e. The Kier molecular flexibility index (Phi) is 8.59. The Morgan fingerprint density at radius 3 is 2.61 bits per heavy atom. The van der Waals surface area contributed by atoms with Gasteiger partial charge >= 0.3 is 0 Å². The number of carbonyl (C=O) groups excluding carboxylic acids is 1. The maximum Gasteiger partial charge on any atom is 0.258 e. The molecular weight excluding hydrogens is 454 g/mol. The lowest BCUT2D eigenvalue weighted by molar-refractivity contribution is -0.123. The molecule has 0 aliphatic rings. The number of aryl methyl sites for hydroxylation is 1. The maximum atomic E-state index is 12.3. The summed E-state index contributed by atoms with van der Waals surface area (Å²) >= 11 is 0. The number of ether oxygens (including phenoxy) is 3. The highest BCUT2D eigenvalue weighted by atomic mass is 16.5. The van der Waals surface area contributed by atoms with Crippen LogP contribution in [-0.2, 0) is 17.9 Å². The van der Waals surface area contributed by atoms with Gasteiger partial charge < -0.3 is 24.1 Å². The molecule has 0 aliphatic heterocycles. The minimum Gasteiger partial charge on any atom is -0.493 e. The fourth-order valence-corrected chi connectivity index (χ4v) is 3.91. The molecule has 4 aromatic rings. The summed E-state index contributed by atoms with van der Waals surface area (Å²) in [6, 6.07) is 23.1. The van der Waals surface area contributed by atoms with Gasteiger partial charge in [-0.25, -0.2) is 4.98 Å². The van der Waals surface area contributed by atoms with E-state index in [-0.39, 0.29) is 12.5 Å². The SMILES string of the molecule is C/C=C/c1ccc(OCCCn2c(CNC(=O)COc3ccccc3)nc3ccccc32)c(OC)c1. The van der Waals surface area contributed by atoms with Gasteiger partial charge in [-0.3, -0.25) is 4.79 Å². The van der Waals surface area contributed by atoms with Crippen LogP contribution in [0.3, 0.4) is 0 Å². The zero-order chi connectivity index (χ0) is 25.2. The third-order valence-electron chi connectivity index (χ3n) is 5.62. The summed E-state index contributed by atoms with van der Waals surface area (Å²) in [5.41, 5.74) is 2.98. The molecule has 3 aromatic carbocycles. The van der Waals surface area contributed by atoms with E-state index in [0.717, 1.165) is 28.8 Å². The van der Waals surface area contributed by atoms with Crippen LogP contribution in [0, 0.1) is 0 Å². The van der Waals surface area contributed by atoms with Crippen LogP contribution in [0.2, 0.25) is 0 Å². The highest BCUT2D eigenvalue weighted by molar-refractivity contribution is 5.78.